The highest BCUT2D eigenvalue weighted by Crippen LogP contribution is 2.09. The van der Waals surface area contributed by atoms with Crippen LogP contribution in [0.15, 0.2) is 24.3 Å². The summed E-state index contributed by atoms with van der Waals surface area (Å²) in [6.07, 6.45) is 0.460. The number of halogens is 1. The zero-order valence-corrected chi connectivity index (χ0v) is 10.3. The molecule has 1 aromatic carbocycles. The van der Waals surface area contributed by atoms with E-state index in [0.29, 0.717) is 18.0 Å². The summed E-state index contributed by atoms with van der Waals surface area (Å²) in [7, 11) is 1.25. The normalized spacial score (nSPS) is 9.76. The standard InChI is InChI=1S/C12H14ClNO3/c1-17-12(16)8-11(15)14-7-6-9-2-4-10(13)5-3-9/h2-5H,6-8H2,1H3,(H,14,15). The van der Waals surface area contributed by atoms with Crippen molar-refractivity contribution in [3.63, 3.8) is 0 Å². The number of carbonyl (C=O) groups excluding carboxylic acids is 2. The zero-order chi connectivity index (χ0) is 12.7. The van der Waals surface area contributed by atoms with Crippen LogP contribution < -0.4 is 5.32 Å². The first-order valence-corrected chi connectivity index (χ1v) is 5.57. The van der Waals surface area contributed by atoms with Crippen molar-refractivity contribution in [2.24, 2.45) is 0 Å². The van der Waals surface area contributed by atoms with Gasteiger partial charge in [0.25, 0.3) is 0 Å². The van der Waals surface area contributed by atoms with Crippen LogP contribution in [0.1, 0.15) is 12.0 Å². The predicted molar refractivity (Wildman–Crippen MR) is 64.8 cm³/mol. The zero-order valence-electron chi connectivity index (χ0n) is 9.53. The van der Waals surface area contributed by atoms with Crippen molar-refractivity contribution in [1.82, 2.24) is 5.32 Å². The van der Waals surface area contributed by atoms with Gasteiger partial charge < -0.3 is 10.1 Å². The topological polar surface area (TPSA) is 55.4 Å². The summed E-state index contributed by atoms with van der Waals surface area (Å²) in [5.41, 5.74) is 1.08. The van der Waals surface area contributed by atoms with Crippen LogP contribution >= 0.6 is 11.6 Å². The van der Waals surface area contributed by atoms with Gasteiger partial charge in [-0.25, -0.2) is 0 Å². The Morgan fingerprint density at radius 1 is 1.29 bits per heavy atom. The number of carbonyl (C=O) groups is 2. The second-order valence-electron chi connectivity index (χ2n) is 3.48. The molecule has 0 heterocycles. The lowest BCUT2D eigenvalue weighted by Gasteiger charge is -2.04. The lowest BCUT2D eigenvalue weighted by Crippen LogP contribution is -2.28. The van der Waals surface area contributed by atoms with Crippen molar-refractivity contribution in [2.75, 3.05) is 13.7 Å². The first-order chi connectivity index (χ1) is 8.11. The van der Waals surface area contributed by atoms with Gasteiger partial charge in [-0.2, -0.15) is 0 Å². The first kappa shape index (κ1) is 13.5. The summed E-state index contributed by atoms with van der Waals surface area (Å²) in [5.74, 6) is -0.861. The molecule has 0 bridgehead atoms. The molecule has 0 saturated heterocycles. The van der Waals surface area contributed by atoms with Crippen molar-refractivity contribution < 1.29 is 14.3 Å². The third kappa shape index (κ3) is 5.36. The second-order valence-corrected chi connectivity index (χ2v) is 3.92. The molecule has 1 aromatic rings. The number of rotatable bonds is 5. The molecule has 0 spiro atoms. The summed E-state index contributed by atoms with van der Waals surface area (Å²) >= 11 is 5.75. The fraction of sp³-hybridized carbons (Fsp3) is 0.333. The average molecular weight is 256 g/mol. The van der Waals surface area contributed by atoms with Crippen LogP contribution in [-0.2, 0) is 20.7 Å². The van der Waals surface area contributed by atoms with Gasteiger partial charge in [-0.15, -0.1) is 0 Å². The van der Waals surface area contributed by atoms with Gasteiger partial charge in [0.1, 0.15) is 6.42 Å². The van der Waals surface area contributed by atoms with E-state index in [9.17, 15) is 9.59 Å². The van der Waals surface area contributed by atoms with Crippen LogP contribution in [0.3, 0.4) is 0 Å². The first-order valence-electron chi connectivity index (χ1n) is 5.20. The molecule has 4 nitrogen and oxygen atoms in total. The molecule has 0 radical (unpaired) electrons. The predicted octanol–water partition coefficient (Wildman–Crippen LogP) is 1.56. The Kier molecular flexibility index (Phi) is 5.49. The fourth-order valence-corrected chi connectivity index (χ4v) is 1.39. The number of amides is 1. The Labute approximate surface area is 105 Å². The van der Waals surface area contributed by atoms with Gasteiger partial charge in [0.15, 0.2) is 0 Å². The number of hydrogen-bond acceptors (Lipinski definition) is 3. The Morgan fingerprint density at radius 3 is 2.53 bits per heavy atom. The maximum absolute atomic E-state index is 11.2. The number of nitrogens with one attached hydrogen (secondary N) is 1. The highest BCUT2D eigenvalue weighted by Gasteiger charge is 2.08. The molecule has 0 atom stereocenters. The summed E-state index contributed by atoms with van der Waals surface area (Å²) in [6.45, 7) is 0.484. The molecule has 92 valence electrons. The lowest BCUT2D eigenvalue weighted by molar-refractivity contribution is -0.143. The van der Waals surface area contributed by atoms with Crippen molar-refractivity contribution in [2.45, 2.75) is 12.8 Å². The molecule has 5 heteroatoms. The fourth-order valence-electron chi connectivity index (χ4n) is 1.26. The van der Waals surface area contributed by atoms with Crippen LogP contribution in [0.25, 0.3) is 0 Å². The number of ether oxygens (including phenoxy) is 1. The quantitative estimate of drug-likeness (QED) is 0.642. The molecular weight excluding hydrogens is 242 g/mol. The molecule has 0 aromatic heterocycles. The third-order valence-corrected chi connectivity index (χ3v) is 2.43. The summed E-state index contributed by atoms with van der Waals surface area (Å²) in [6, 6.07) is 7.39. The van der Waals surface area contributed by atoms with Gasteiger partial charge in [0.2, 0.25) is 5.91 Å². The Bertz CT molecular complexity index is 389. The molecule has 0 fully saturated rings. The molecular formula is C12H14ClNO3. The molecule has 1 rings (SSSR count). The highest BCUT2D eigenvalue weighted by molar-refractivity contribution is 6.30. The van der Waals surface area contributed by atoms with Crippen LogP contribution in [0, 0.1) is 0 Å². The minimum atomic E-state index is -0.533. The molecule has 0 unspecified atom stereocenters. The van der Waals surface area contributed by atoms with E-state index in [2.05, 4.69) is 10.1 Å². The molecule has 0 saturated carbocycles. The van der Waals surface area contributed by atoms with Crippen LogP contribution in [0.2, 0.25) is 5.02 Å². The van der Waals surface area contributed by atoms with Crippen LogP contribution in [0.4, 0.5) is 0 Å². The summed E-state index contributed by atoms with van der Waals surface area (Å²) < 4.78 is 4.38. The summed E-state index contributed by atoms with van der Waals surface area (Å²) in [4.78, 5) is 22.0. The van der Waals surface area contributed by atoms with E-state index >= 15 is 0 Å². The number of esters is 1. The SMILES string of the molecule is COC(=O)CC(=O)NCCc1ccc(Cl)cc1. The van der Waals surface area contributed by atoms with Crippen LogP contribution in [0.5, 0.6) is 0 Å². The molecule has 1 amide bonds. The van der Waals surface area contributed by atoms with Gasteiger partial charge in [-0.05, 0) is 24.1 Å². The van der Waals surface area contributed by atoms with Gasteiger partial charge >= 0.3 is 5.97 Å². The number of methoxy groups -OCH3 is 1. The van der Waals surface area contributed by atoms with E-state index in [4.69, 9.17) is 11.6 Å². The number of hydrogen-bond donors (Lipinski definition) is 1. The Hall–Kier alpha value is -1.55. The number of benzene rings is 1. The minimum absolute atomic E-state index is 0.239. The van der Waals surface area contributed by atoms with Gasteiger partial charge in [0.05, 0.1) is 7.11 Å². The van der Waals surface area contributed by atoms with E-state index in [1.807, 2.05) is 12.1 Å². The van der Waals surface area contributed by atoms with E-state index in [-0.39, 0.29) is 12.3 Å². The molecule has 0 aliphatic heterocycles. The van der Waals surface area contributed by atoms with Crippen molar-refractivity contribution in [3.8, 4) is 0 Å². The average Bonchev–Trinajstić information content (AvgIpc) is 2.31. The van der Waals surface area contributed by atoms with E-state index in [1.54, 1.807) is 12.1 Å². The van der Waals surface area contributed by atoms with Gasteiger partial charge in [0, 0.05) is 11.6 Å². The van der Waals surface area contributed by atoms with Crippen LogP contribution in [-0.4, -0.2) is 25.5 Å². The monoisotopic (exact) mass is 255 g/mol. The minimum Gasteiger partial charge on any atom is -0.469 e. The van der Waals surface area contributed by atoms with Gasteiger partial charge in [-0.3, -0.25) is 9.59 Å². The van der Waals surface area contributed by atoms with Crippen molar-refractivity contribution in [3.05, 3.63) is 34.9 Å². The summed E-state index contributed by atoms with van der Waals surface area (Å²) in [5, 5.41) is 3.32. The smallest absolute Gasteiger partial charge is 0.315 e. The lowest BCUT2D eigenvalue weighted by atomic mass is 10.1. The van der Waals surface area contributed by atoms with E-state index in [0.717, 1.165) is 5.56 Å². The highest BCUT2D eigenvalue weighted by atomic mass is 35.5. The van der Waals surface area contributed by atoms with E-state index < -0.39 is 5.97 Å². The van der Waals surface area contributed by atoms with E-state index in [1.165, 1.54) is 7.11 Å². The molecule has 17 heavy (non-hydrogen) atoms. The Morgan fingerprint density at radius 2 is 1.94 bits per heavy atom. The Balaban J connectivity index is 2.26. The maximum atomic E-state index is 11.2. The third-order valence-electron chi connectivity index (χ3n) is 2.18. The largest absolute Gasteiger partial charge is 0.469 e. The maximum Gasteiger partial charge on any atom is 0.315 e. The molecule has 0 aliphatic carbocycles. The van der Waals surface area contributed by atoms with Crippen molar-refractivity contribution in [1.29, 1.82) is 0 Å². The van der Waals surface area contributed by atoms with Gasteiger partial charge in [-0.1, -0.05) is 23.7 Å². The second kappa shape index (κ2) is 6.91. The van der Waals surface area contributed by atoms with Crippen molar-refractivity contribution >= 4 is 23.5 Å². The molecule has 1 N–H and O–H groups in total. The molecule has 0 aliphatic rings.